The molecule has 1 amide bonds. The lowest BCUT2D eigenvalue weighted by atomic mass is 10.1. The van der Waals surface area contributed by atoms with Crippen molar-refractivity contribution in [2.24, 2.45) is 0 Å². The lowest BCUT2D eigenvalue weighted by molar-refractivity contribution is -0.118. The fourth-order valence-corrected chi connectivity index (χ4v) is 2.43. The smallest absolute Gasteiger partial charge is 0.339 e. The van der Waals surface area contributed by atoms with Gasteiger partial charge in [0.05, 0.1) is 13.2 Å². The molecule has 3 N–H and O–H groups in total. The Morgan fingerprint density at radius 1 is 1.33 bits per heavy atom. The summed E-state index contributed by atoms with van der Waals surface area (Å²) >= 11 is 0. The number of ether oxygens (including phenoxy) is 1. The predicted octanol–water partition coefficient (Wildman–Crippen LogP) is 1.86. The number of carbonyl (C=O) groups is 2. The van der Waals surface area contributed by atoms with Crippen molar-refractivity contribution >= 4 is 17.6 Å². The molecule has 0 aliphatic carbocycles. The van der Waals surface area contributed by atoms with Gasteiger partial charge in [-0.05, 0) is 31.5 Å². The summed E-state index contributed by atoms with van der Waals surface area (Å²) in [6.45, 7) is 0.847. The molecule has 1 aliphatic heterocycles. The zero-order valence-electron chi connectivity index (χ0n) is 12.0. The van der Waals surface area contributed by atoms with Crippen molar-refractivity contribution < 1.29 is 19.4 Å². The van der Waals surface area contributed by atoms with Crippen molar-refractivity contribution in [3.8, 4) is 5.75 Å². The largest absolute Gasteiger partial charge is 0.496 e. The van der Waals surface area contributed by atoms with Gasteiger partial charge in [0.25, 0.3) is 0 Å². The van der Waals surface area contributed by atoms with Crippen LogP contribution in [0.4, 0.5) is 5.69 Å². The van der Waals surface area contributed by atoms with Gasteiger partial charge in [0.15, 0.2) is 0 Å². The highest BCUT2D eigenvalue weighted by Crippen LogP contribution is 2.23. The van der Waals surface area contributed by atoms with E-state index in [0.29, 0.717) is 5.69 Å². The van der Waals surface area contributed by atoms with Gasteiger partial charge in [-0.25, -0.2) is 4.79 Å². The zero-order chi connectivity index (χ0) is 15.2. The van der Waals surface area contributed by atoms with E-state index in [4.69, 9.17) is 9.84 Å². The Morgan fingerprint density at radius 2 is 2.14 bits per heavy atom. The molecule has 1 heterocycles. The number of methoxy groups -OCH3 is 1. The molecule has 0 spiro atoms. The highest BCUT2D eigenvalue weighted by molar-refractivity contribution is 5.96. The van der Waals surface area contributed by atoms with Crippen molar-refractivity contribution in [3.05, 3.63) is 23.8 Å². The molecule has 1 saturated heterocycles. The number of aromatic carboxylic acids is 1. The van der Waals surface area contributed by atoms with Gasteiger partial charge in [0.1, 0.15) is 11.3 Å². The highest BCUT2D eigenvalue weighted by Gasteiger charge is 2.20. The number of carbonyl (C=O) groups excluding carboxylic acids is 1. The summed E-state index contributed by atoms with van der Waals surface area (Å²) in [7, 11) is 1.40. The first-order valence-corrected chi connectivity index (χ1v) is 7.07. The van der Waals surface area contributed by atoms with E-state index >= 15 is 0 Å². The van der Waals surface area contributed by atoms with Crippen LogP contribution in [0.15, 0.2) is 18.2 Å². The van der Waals surface area contributed by atoms with Crippen LogP contribution in [0, 0.1) is 0 Å². The fourth-order valence-electron chi connectivity index (χ4n) is 2.43. The Morgan fingerprint density at radius 3 is 2.86 bits per heavy atom. The van der Waals surface area contributed by atoms with E-state index in [9.17, 15) is 9.59 Å². The van der Waals surface area contributed by atoms with Gasteiger partial charge < -0.3 is 20.5 Å². The number of hydrogen-bond donors (Lipinski definition) is 3. The third kappa shape index (κ3) is 3.95. The van der Waals surface area contributed by atoms with E-state index in [1.54, 1.807) is 6.07 Å². The maximum atomic E-state index is 12.2. The number of hydrogen-bond acceptors (Lipinski definition) is 4. The third-order valence-corrected chi connectivity index (χ3v) is 3.58. The molecular weight excluding hydrogens is 272 g/mol. The molecule has 114 valence electrons. The summed E-state index contributed by atoms with van der Waals surface area (Å²) in [6.07, 6.45) is 4.07. The van der Waals surface area contributed by atoms with Crippen LogP contribution in [0.5, 0.6) is 5.75 Å². The molecule has 1 aromatic carbocycles. The molecule has 1 atom stereocenters. The molecule has 6 nitrogen and oxygen atoms in total. The standard InChI is InChI=1S/C15H20N2O4/c1-21-13-9-10(6-7-11(13)15(19)20)17-14(18)12-5-3-2-4-8-16-12/h6-7,9,12,16H,2-5,8H2,1H3,(H,17,18)(H,19,20). The number of carboxylic acid groups (broad SMARTS) is 1. The normalized spacial score (nSPS) is 18.6. The minimum absolute atomic E-state index is 0.0723. The van der Waals surface area contributed by atoms with E-state index in [1.807, 2.05) is 0 Å². The minimum atomic E-state index is -1.06. The van der Waals surface area contributed by atoms with E-state index in [-0.39, 0.29) is 23.3 Å². The first-order valence-electron chi connectivity index (χ1n) is 7.07. The maximum Gasteiger partial charge on any atom is 0.339 e. The second-order valence-electron chi connectivity index (χ2n) is 5.07. The summed E-state index contributed by atoms with van der Waals surface area (Å²) in [4.78, 5) is 23.2. The zero-order valence-corrected chi connectivity index (χ0v) is 12.0. The van der Waals surface area contributed by atoms with Gasteiger partial charge in [0, 0.05) is 11.8 Å². The fraction of sp³-hybridized carbons (Fsp3) is 0.467. The maximum absolute atomic E-state index is 12.2. The molecule has 1 aromatic rings. The van der Waals surface area contributed by atoms with Crippen LogP contribution in [0.25, 0.3) is 0 Å². The molecule has 6 heteroatoms. The summed E-state index contributed by atoms with van der Waals surface area (Å²) in [5.41, 5.74) is 0.607. The molecule has 21 heavy (non-hydrogen) atoms. The van der Waals surface area contributed by atoms with E-state index in [1.165, 1.54) is 19.2 Å². The highest BCUT2D eigenvalue weighted by atomic mass is 16.5. The molecule has 1 aliphatic rings. The Kier molecular flexibility index (Phi) is 5.16. The Labute approximate surface area is 123 Å². The van der Waals surface area contributed by atoms with Crippen molar-refractivity contribution in [3.63, 3.8) is 0 Å². The number of amides is 1. The number of rotatable bonds is 4. The molecule has 0 radical (unpaired) electrons. The van der Waals surface area contributed by atoms with Gasteiger partial charge in [-0.2, -0.15) is 0 Å². The molecule has 2 rings (SSSR count). The minimum Gasteiger partial charge on any atom is -0.496 e. The first kappa shape index (κ1) is 15.3. The average molecular weight is 292 g/mol. The third-order valence-electron chi connectivity index (χ3n) is 3.58. The number of carboxylic acids is 1. The van der Waals surface area contributed by atoms with Crippen molar-refractivity contribution in [1.29, 1.82) is 0 Å². The summed E-state index contributed by atoms with van der Waals surface area (Å²) in [5, 5.41) is 15.1. The van der Waals surface area contributed by atoms with Crippen LogP contribution < -0.4 is 15.4 Å². The summed E-state index contributed by atoms with van der Waals surface area (Å²) in [5.74, 6) is -0.925. The number of benzene rings is 1. The second kappa shape index (κ2) is 7.08. The quantitative estimate of drug-likeness (QED) is 0.788. The van der Waals surface area contributed by atoms with E-state index in [2.05, 4.69) is 10.6 Å². The van der Waals surface area contributed by atoms with Gasteiger partial charge in [0.2, 0.25) is 5.91 Å². The lowest BCUT2D eigenvalue weighted by Crippen LogP contribution is -2.39. The van der Waals surface area contributed by atoms with Crippen LogP contribution in [-0.2, 0) is 4.79 Å². The molecule has 0 bridgehead atoms. The van der Waals surface area contributed by atoms with E-state index < -0.39 is 5.97 Å². The molecular formula is C15H20N2O4. The number of anilines is 1. The number of nitrogens with one attached hydrogen (secondary N) is 2. The van der Waals surface area contributed by atoms with E-state index in [0.717, 1.165) is 32.2 Å². The lowest BCUT2D eigenvalue weighted by Gasteiger charge is -2.16. The van der Waals surface area contributed by atoms with Gasteiger partial charge in [-0.15, -0.1) is 0 Å². The van der Waals surface area contributed by atoms with Gasteiger partial charge >= 0.3 is 5.97 Å². The van der Waals surface area contributed by atoms with Crippen LogP contribution >= 0.6 is 0 Å². The monoisotopic (exact) mass is 292 g/mol. The Hall–Kier alpha value is -2.08. The average Bonchev–Trinajstić information content (AvgIpc) is 2.75. The SMILES string of the molecule is COc1cc(NC(=O)C2CCCCCN2)ccc1C(=O)O. The molecule has 0 saturated carbocycles. The van der Waals surface area contributed by atoms with Crippen molar-refractivity contribution in [2.45, 2.75) is 31.7 Å². The summed E-state index contributed by atoms with van der Waals surface area (Å²) < 4.78 is 5.05. The topological polar surface area (TPSA) is 87.7 Å². The van der Waals surface area contributed by atoms with Crippen molar-refractivity contribution in [1.82, 2.24) is 5.32 Å². The van der Waals surface area contributed by atoms with Crippen LogP contribution in [0.2, 0.25) is 0 Å². The molecule has 0 aromatic heterocycles. The van der Waals surface area contributed by atoms with Gasteiger partial charge in [-0.3, -0.25) is 4.79 Å². The molecule has 1 fully saturated rings. The molecule has 1 unspecified atom stereocenters. The predicted molar refractivity (Wildman–Crippen MR) is 78.8 cm³/mol. The Bertz CT molecular complexity index is 522. The van der Waals surface area contributed by atoms with Crippen LogP contribution in [0.1, 0.15) is 36.0 Å². The van der Waals surface area contributed by atoms with Gasteiger partial charge in [-0.1, -0.05) is 12.8 Å². The summed E-state index contributed by atoms with van der Waals surface area (Å²) in [6, 6.07) is 4.33. The van der Waals surface area contributed by atoms with Crippen LogP contribution in [-0.4, -0.2) is 36.7 Å². The Balaban J connectivity index is 2.08. The first-order chi connectivity index (χ1) is 10.1. The van der Waals surface area contributed by atoms with Crippen molar-refractivity contribution in [2.75, 3.05) is 19.0 Å². The second-order valence-corrected chi connectivity index (χ2v) is 5.07. The van der Waals surface area contributed by atoms with Crippen LogP contribution in [0.3, 0.4) is 0 Å².